The summed E-state index contributed by atoms with van der Waals surface area (Å²) in [6.45, 7) is 0. The van der Waals surface area contributed by atoms with E-state index in [0.717, 1.165) is 24.5 Å². The van der Waals surface area contributed by atoms with Gasteiger partial charge in [-0.3, -0.25) is 0 Å². The minimum Gasteiger partial charge on any atom is -0.360 e. The first-order chi connectivity index (χ1) is 11.9. The SMILES string of the molecule is Fc1cccc2c(NC3(c4ccccc4)CC3)nc(C(F)(F)F)nc12. The van der Waals surface area contributed by atoms with Gasteiger partial charge in [-0.2, -0.15) is 13.2 Å². The highest BCUT2D eigenvalue weighted by Gasteiger charge is 2.45. The van der Waals surface area contributed by atoms with E-state index in [0.29, 0.717) is 0 Å². The third kappa shape index (κ3) is 2.79. The number of para-hydroxylation sites is 1. The number of benzene rings is 2. The van der Waals surface area contributed by atoms with Gasteiger partial charge in [-0.15, -0.1) is 0 Å². The van der Waals surface area contributed by atoms with E-state index in [9.17, 15) is 17.6 Å². The molecule has 0 aliphatic heterocycles. The van der Waals surface area contributed by atoms with Crippen LogP contribution in [0.4, 0.5) is 23.4 Å². The van der Waals surface area contributed by atoms with Crippen LogP contribution in [0.1, 0.15) is 24.2 Å². The fraction of sp³-hybridized carbons (Fsp3) is 0.222. The summed E-state index contributed by atoms with van der Waals surface area (Å²) in [4.78, 5) is 7.03. The van der Waals surface area contributed by atoms with E-state index in [1.54, 1.807) is 0 Å². The van der Waals surface area contributed by atoms with Crippen molar-refractivity contribution in [2.45, 2.75) is 24.6 Å². The normalized spacial score (nSPS) is 16.0. The molecule has 128 valence electrons. The second kappa shape index (κ2) is 5.40. The van der Waals surface area contributed by atoms with Crippen molar-refractivity contribution in [2.24, 2.45) is 0 Å². The molecule has 7 heteroatoms. The van der Waals surface area contributed by atoms with Gasteiger partial charge in [0.2, 0.25) is 5.82 Å². The first-order valence-corrected chi connectivity index (χ1v) is 7.76. The molecule has 0 spiro atoms. The van der Waals surface area contributed by atoms with Crippen LogP contribution in [0, 0.1) is 5.82 Å². The molecule has 0 atom stereocenters. The van der Waals surface area contributed by atoms with Crippen LogP contribution in [0.3, 0.4) is 0 Å². The molecule has 4 rings (SSSR count). The Balaban J connectivity index is 1.85. The summed E-state index contributed by atoms with van der Waals surface area (Å²) in [7, 11) is 0. The van der Waals surface area contributed by atoms with Crippen molar-refractivity contribution in [3.05, 3.63) is 65.7 Å². The molecule has 1 N–H and O–H groups in total. The van der Waals surface area contributed by atoms with Crippen LogP contribution in [0.5, 0.6) is 0 Å². The molecule has 1 saturated carbocycles. The lowest BCUT2D eigenvalue weighted by Gasteiger charge is -2.20. The molecule has 1 heterocycles. The standard InChI is InChI=1S/C18H13F4N3/c19-13-8-4-7-12-14(13)23-16(18(20,21)22)24-15(12)25-17(9-10-17)11-5-2-1-3-6-11/h1-8H,9-10H2,(H,23,24,25). The molecule has 1 aliphatic carbocycles. The van der Waals surface area contributed by atoms with Crippen LogP contribution in [-0.4, -0.2) is 9.97 Å². The second-order valence-electron chi connectivity index (χ2n) is 6.10. The van der Waals surface area contributed by atoms with Crippen molar-refractivity contribution in [1.82, 2.24) is 9.97 Å². The molecule has 0 saturated heterocycles. The number of rotatable bonds is 3. The lowest BCUT2D eigenvalue weighted by Crippen LogP contribution is -2.21. The molecule has 1 aromatic heterocycles. The average molecular weight is 347 g/mol. The predicted octanol–water partition coefficient (Wildman–Crippen LogP) is 4.89. The number of aromatic nitrogens is 2. The molecule has 1 aliphatic rings. The largest absolute Gasteiger partial charge is 0.451 e. The summed E-state index contributed by atoms with van der Waals surface area (Å²) in [5, 5.41) is 3.34. The van der Waals surface area contributed by atoms with Gasteiger partial charge in [-0.05, 0) is 30.5 Å². The molecule has 3 aromatic rings. The molecule has 0 bridgehead atoms. The Hall–Kier alpha value is -2.70. The maximum atomic E-state index is 14.0. The number of hydrogen-bond acceptors (Lipinski definition) is 3. The quantitative estimate of drug-likeness (QED) is 0.686. The molecule has 25 heavy (non-hydrogen) atoms. The molecule has 0 radical (unpaired) electrons. The number of alkyl halides is 3. The van der Waals surface area contributed by atoms with Gasteiger partial charge in [0, 0.05) is 5.39 Å². The van der Waals surface area contributed by atoms with E-state index >= 15 is 0 Å². The summed E-state index contributed by atoms with van der Waals surface area (Å²) in [6.07, 6.45) is -3.23. The highest BCUT2D eigenvalue weighted by Crippen LogP contribution is 2.48. The minimum atomic E-state index is -4.75. The topological polar surface area (TPSA) is 37.8 Å². The van der Waals surface area contributed by atoms with E-state index in [-0.39, 0.29) is 16.7 Å². The first kappa shape index (κ1) is 15.8. The maximum absolute atomic E-state index is 14.0. The molecular formula is C18H13F4N3. The number of fused-ring (bicyclic) bond motifs is 1. The van der Waals surface area contributed by atoms with E-state index in [2.05, 4.69) is 15.3 Å². The highest BCUT2D eigenvalue weighted by atomic mass is 19.4. The summed E-state index contributed by atoms with van der Waals surface area (Å²) in [6, 6.07) is 13.5. The molecular weight excluding hydrogens is 334 g/mol. The van der Waals surface area contributed by atoms with Gasteiger partial charge in [0.25, 0.3) is 0 Å². The van der Waals surface area contributed by atoms with Crippen LogP contribution in [0.15, 0.2) is 48.5 Å². The summed E-state index contributed by atoms with van der Waals surface area (Å²) in [5.74, 6) is -2.16. The smallest absolute Gasteiger partial charge is 0.360 e. The Labute approximate surface area is 140 Å². The number of nitrogens with zero attached hydrogens (tertiary/aromatic N) is 2. The number of halogens is 4. The lowest BCUT2D eigenvalue weighted by molar-refractivity contribution is -0.144. The van der Waals surface area contributed by atoms with Gasteiger partial charge in [-0.1, -0.05) is 36.4 Å². The van der Waals surface area contributed by atoms with Gasteiger partial charge in [0.1, 0.15) is 17.2 Å². The van der Waals surface area contributed by atoms with E-state index < -0.39 is 23.4 Å². The van der Waals surface area contributed by atoms with Crippen molar-refractivity contribution >= 4 is 16.7 Å². The maximum Gasteiger partial charge on any atom is 0.451 e. The summed E-state index contributed by atoms with van der Waals surface area (Å²) >= 11 is 0. The van der Waals surface area contributed by atoms with Crippen LogP contribution in [-0.2, 0) is 11.7 Å². The fourth-order valence-electron chi connectivity index (χ4n) is 2.93. The zero-order valence-electron chi connectivity index (χ0n) is 12.9. The molecule has 0 amide bonds. The van der Waals surface area contributed by atoms with E-state index in [1.807, 2.05) is 30.3 Å². The molecule has 0 unspecified atom stereocenters. The van der Waals surface area contributed by atoms with Crippen LogP contribution < -0.4 is 5.32 Å². The van der Waals surface area contributed by atoms with Crippen molar-refractivity contribution in [3.63, 3.8) is 0 Å². The predicted molar refractivity (Wildman–Crippen MR) is 85.5 cm³/mol. The lowest BCUT2D eigenvalue weighted by atomic mass is 10.0. The van der Waals surface area contributed by atoms with Crippen molar-refractivity contribution in [2.75, 3.05) is 5.32 Å². The fourth-order valence-corrected chi connectivity index (χ4v) is 2.93. The van der Waals surface area contributed by atoms with Gasteiger partial charge < -0.3 is 5.32 Å². The van der Waals surface area contributed by atoms with Crippen LogP contribution in [0.25, 0.3) is 10.9 Å². The van der Waals surface area contributed by atoms with Crippen LogP contribution in [0.2, 0.25) is 0 Å². The average Bonchev–Trinajstić information content (AvgIpc) is 3.36. The summed E-state index contributed by atoms with van der Waals surface area (Å²) < 4.78 is 53.4. The van der Waals surface area contributed by atoms with Crippen LogP contribution >= 0.6 is 0 Å². The number of hydrogen-bond donors (Lipinski definition) is 1. The Morgan fingerprint density at radius 1 is 0.920 bits per heavy atom. The second-order valence-corrected chi connectivity index (χ2v) is 6.10. The zero-order chi connectivity index (χ0) is 17.7. The third-order valence-corrected chi connectivity index (χ3v) is 4.36. The Morgan fingerprint density at radius 3 is 2.28 bits per heavy atom. The Kier molecular flexibility index (Phi) is 3.42. The third-order valence-electron chi connectivity index (χ3n) is 4.36. The van der Waals surface area contributed by atoms with Crippen molar-refractivity contribution < 1.29 is 17.6 Å². The Bertz CT molecular complexity index is 934. The van der Waals surface area contributed by atoms with Crippen molar-refractivity contribution in [3.8, 4) is 0 Å². The molecule has 3 nitrogen and oxygen atoms in total. The zero-order valence-corrected chi connectivity index (χ0v) is 12.9. The monoisotopic (exact) mass is 347 g/mol. The molecule has 2 aromatic carbocycles. The van der Waals surface area contributed by atoms with Gasteiger partial charge >= 0.3 is 6.18 Å². The van der Waals surface area contributed by atoms with Gasteiger partial charge in [0.05, 0.1) is 5.54 Å². The molecule has 1 fully saturated rings. The van der Waals surface area contributed by atoms with Crippen molar-refractivity contribution in [1.29, 1.82) is 0 Å². The van der Waals surface area contributed by atoms with Gasteiger partial charge in [-0.25, -0.2) is 14.4 Å². The summed E-state index contributed by atoms with van der Waals surface area (Å²) in [5.41, 5.74) is 0.153. The number of anilines is 1. The number of nitrogens with one attached hydrogen (secondary N) is 1. The van der Waals surface area contributed by atoms with E-state index in [1.165, 1.54) is 12.1 Å². The Morgan fingerprint density at radius 2 is 1.64 bits per heavy atom. The first-order valence-electron chi connectivity index (χ1n) is 7.76. The van der Waals surface area contributed by atoms with Gasteiger partial charge in [0.15, 0.2) is 0 Å². The van der Waals surface area contributed by atoms with E-state index in [4.69, 9.17) is 0 Å². The minimum absolute atomic E-state index is 0.00169. The highest BCUT2D eigenvalue weighted by molar-refractivity contribution is 5.90.